The summed E-state index contributed by atoms with van der Waals surface area (Å²) >= 11 is 6.10. The van der Waals surface area contributed by atoms with Gasteiger partial charge < -0.3 is 10.3 Å². The van der Waals surface area contributed by atoms with Crippen LogP contribution in [0.15, 0.2) is 95.7 Å². The number of rotatable bonds is 9. The van der Waals surface area contributed by atoms with Gasteiger partial charge in [-0.05, 0) is 59.9 Å². The van der Waals surface area contributed by atoms with Crippen molar-refractivity contribution in [1.82, 2.24) is 25.2 Å². The maximum Gasteiger partial charge on any atom is 0.121 e. The number of hydrogen-bond donors (Lipinski definition) is 2. The smallest absolute Gasteiger partial charge is 0.121 e. The minimum Gasteiger partial charge on any atom is -0.341 e. The number of allylic oxidation sites excluding steroid dienone is 1. The molecule has 6 rings (SSSR count). The second-order valence-electron chi connectivity index (χ2n) is 9.98. The van der Waals surface area contributed by atoms with E-state index in [-0.39, 0.29) is 0 Å². The largest absolute Gasteiger partial charge is 0.341 e. The van der Waals surface area contributed by atoms with Crippen LogP contribution in [0.1, 0.15) is 35.5 Å². The zero-order valence-electron chi connectivity index (χ0n) is 21.2. The molecule has 192 valence electrons. The second-order valence-corrected chi connectivity index (χ2v) is 10.4. The first-order chi connectivity index (χ1) is 18.7. The van der Waals surface area contributed by atoms with E-state index in [0.717, 1.165) is 55.0 Å². The van der Waals surface area contributed by atoms with E-state index in [0.29, 0.717) is 23.7 Å². The Morgan fingerprint density at radius 3 is 2.82 bits per heavy atom. The Bertz CT molecular complexity index is 1470. The fourth-order valence-corrected chi connectivity index (χ4v) is 5.53. The van der Waals surface area contributed by atoms with Crippen molar-refractivity contribution in [2.45, 2.75) is 51.1 Å². The average Bonchev–Trinajstić information content (AvgIpc) is 3.35. The van der Waals surface area contributed by atoms with E-state index >= 15 is 0 Å². The number of fused-ring (bicyclic) bond motifs is 2. The highest BCUT2D eigenvalue weighted by Crippen LogP contribution is 2.29. The van der Waals surface area contributed by atoms with Crippen molar-refractivity contribution in [1.29, 1.82) is 0 Å². The molecule has 1 aliphatic carbocycles. The minimum atomic E-state index is 0.299. The molecule has 0 bridgehead atoms. The average molecular weight is 523 g/mol. The fourth-order valence-electron chi connectivity index (χ4n) is 5.35. The zero-order valence-corrected chi connectivity index (χ0v) is 22.0. The Morgan fingerprint density at radius 2 is 1.89 bits per heavy atom. The third-order valence-electron chi connectivity index (χ3n) is 7.20. The van der Waals surface area contributed by atoms with E-state index in [1.165, 1.54) is 16.7 Å². The van der Waals surface area contributed by atoms with E-state index < -0.39 is 0 Å². The zero-order chi connectivity index (χ0) is 25.7. The number of para-hydroxylation sites is 2. The minimum absolute atomic E-state index is 0.299. The van der Waals surface area contributed by atoms with Gasteiger partial charge in [0.2, 0.25) is 0 Å². The van der Waals surface area contributed by atoms with Crippen molar-refractivity contribution in [2.24, 2.45) is 4.99 Å². The predicted octanol–water partition coefficient (Wildman–Crippen LogP) is 6.00. The van der Waals surface area contributed by atoms with Gasteiger partial charge in [-0.3, -0.25) is 14.9 Å². The molecular weight excluding hydrogens is 492 g/mol. The van der Waals surface area contributed by atoms with Crippen LogP contribution in [0.5, 0.6) is 0 Å². The van der Waals surface area contributed by atoms with Gasteiger partial charge in [0, 0.05) is 43.1 Å². The van der Waals surface area contributed by atoms with Crippen LogP contribution in [0.2, 0.25) is 5.02 Å². The molecule has 0 radical (unpaired) electrons. The van der Waals surface area contributed by atoms with E-state index in [2.05, 4.69) is 73.7 Å². The molecule has 2 N–H and O–H groups in total. The van der Waals surface area contributed by atoms with E-state index in [1.807, 2.05) is 30.5 Å². The number of aromatic amines is 1. The third-order valence-corrected chi connectivity index (χ3v) is 7.43. The number of aliphatic imine (C=N–C) groups is 1. The highest BCUT2D eigenvalue weighted by molar-refractivity contribution is 6.30. The van der Waals surface area contributed by atoms with E-state index in [1.54, 1.807) is 12.3 Å². The lowest BCUT2D eigenvalue weighted by molar-refractivity contribution is 0.188. The van der Waals surface area contributed by atoms with E-state index in [4.69, 9.17) is 16.6 Å². The van der Waals surface area contributed by atoms with Crippen molar-refractivity contribution in [3.63, 3.8) is 0 Å². The number of H-pyrrole nitrogens is 1. The molecule has 2 aromatic carbocycles. The summed E-state index contributed by atoms with van der Waals surface area (Å²) in [4.78, 5) is 20.0. The first kappa shape index (κ1) is 24.7. The topological polar surface area (TPSA) is 69.2 Å². The normalized spacial score (nSPS) is 18.6. The quantitative estimate of drug-likeness (QED) is 0.283. The van der Waals surface area contributed by atoms with Crippen LogP contribution in [0.25, 0.3) is 11.0 Å². The van der Waals surface area contributed by atoms with Crippen molar-refractivity contribution in [2.75, 3.05) is 0 Å². The van der Waals surface area contributed by atoms with Crippen LogP contribution in [0.4, 0.5) is 0 Å². The van der Waals surface area contributed by atoms with Crippen molar-refractivity contribution in [3.05, 3.63) is 118 Å². The molecule has 2 atom stereocenters. The summed E-state index contributed by atoms with van der Waals surface area (Å²) < 4.78 is 0. The Kier molecular flexibility index (Phi) is 7.45. The molecule has 7 heteroatoms. The number of aromatic nitrogens is 3. The molecule has 4 aromatic rings. The number of imidazole rings is 1. The van der Waals surface area contributed by atoms with Crippen LogP contribution in [0.3, 0.4) is 0 Å². The molecule has 0 fully saturated rings. The van der Waals surface area contributed by atoms with Crippen molar-refractivity contribution < 1.29 is 0 Å². The second kappa shape index (κ2) is 11.4. The molecule has 1 aliphatic heterocycles. The Hall–Kier alpha value is -3.58. The highest BCUT2D eigenvalue weighted by Gasteiger charge is 2.27. The maximum atomic E-state index is 6.10. The summed E-state index contributed by atoms with van der Waals surface area (Å²) in [6.45, 7) is 3.04. The van der Waals surface area contributed by atoms with Crippen molar-refractivity contribution in [3.8, 4) is 0 Å². The molecule has 2 unspecified atom stereocenters. The summed E-state index contributed by atoms with van der Waals surface area (Å²) in [5.74, 6) is 0.996. The summed E-state index contributed by atoms with van der Waals surface area (Å²) in [6, 6.07) is 21.4. The van der Waals surface area contributed by atoms with Gasteiger partial charge in [0.1, 0.15) is 5.82 Å². The van der Waals surface area contributed by atoms with Crippen LogP contribution in [-0.4, -0.2) is 38.2 Å². The lowest BCUT2D eigenvalue weighted by atomic mass is 9.89. The predicted molar refractivity (Wildman–Crippen MR) is 154 cm³/mol. The number of pyridine rings is 1. The van der Waals surface area contributed by atoms with Gasteiger partial charge >= 0.3 is 0 Å². The van der Waals surface area contributed by atoms with Gasteiger partial charge in [0.05, 0.1) is 29.3 Å². The maximum absolute atomic E-state index is 6.10. The van der Waals surface area contributed by atoms with Gasteiger partial charge in [-0.2, -0.15) is 0 Å². The standard InChI is InChI=1S/C31H31ClN6/c32-25-12-14-34-26(17-25)19-33-18-22-5-3-6-23(15-22)20-38(21-31-36-29-8-1-2-9-30(29)37-31)27-10-11-28-24(16-27)7-4-13-35-28/h1-9,12-17,27-28,33H,10-11,18-21H2,(H,36,37). The van der Waals surface area contributed by atoms with Crippen LogP contribution in [-0.2, 0) is 26.2 Å². The molecule has 0 saturated heterocycles. The van der Waals surface area contributed by atoms with Gasteiger partial charge in [0.15, 0.2) is 0 Å². The lowest BCUT2D eigenvalue weighted by Gasteiger charge is -2.34. The number of nitrogens with one attached hydrogen (secondary N) is 2. The summed E-state index contributed by atoms with van der Waals surface area (Å²) in [5, 5.41) is 4.21. The van der Waals surface area contributed by atoms with Gasteiger partial charge in [-0.1, -0.05) is 60.2 Å². The first-order valence-corrected chi connectivity index (χ1v) is 13.6. The number of hydrogen-bond acceptors (Lipinski definition) is 5. The number of halogens is 1. The van der Waals surface area contributed by atoms with Gasteiger partial charge in [-0.15, -0.1) is 0 Å². The molecule has 2 aliphatic rings. The van der Waals surface area contributed by atoms with Crippen LogP contribution >= 0.6 is 11.6 Å². The third kappa shape index (κ3) is 5.94. The molecular formula is C31H31ClN6. The first-order valence-electron chi connectivity index (χ1n) is 13.2. The monoisotopic (exact) mass is 522 g/mol. The fraction of sp³-hybridized carbons (Fsp3) is 0.258. The lowest BCUT2D eigenvalue weighted by Crippen LogP contribution is -2.37. The van der Waals surface area contributed by atoms with Gasteiger partial charge in [-0.25, -0.2) is 4.98 Å². The molecule has 2 aromatic heterocycles. The molecule has 0 saturated carbocycles. The summed E-state index contributed by atoms with van der Waals surface area (Å²) in [5.41, 5.74) is 6.90. The van der Waals surface area contributed by atoms with Crippen LogP contribution in [0, 0.1) is 0 Å². The summed E-state index contributed by atoms with van der Waals surface area (Å²) in [7, 11) is 0. The Labute approximate surface area is 228 Å². The Morgan fingerprint density at radius 1 is 0.974 bits per heavy atom. The number of nitrogens with zero attached hydrogens (tertiary/aromatic N) is 4. The molecule has 38 heavy (non-hydrogen) atoms. The molecule has 0 spiro atoms. The molecule has 6 nitrogen and oxygen atoms in total. The molecule has 3 heterocycles. The Balaban J connectivity index is 1.19. The number of benzene rings is 2. The SMILES string of the molecule is Clc1ccnc(CNCc2cccc(CN(Cc3nc4ccccc4[nH]3)C3C=C4C=CC=NC4CC3)c2)c1. The van der Waals surface area contributed by atoms with Crippen molar-refractivity contribution >= 4 is 28.8 Å². The number of dihydropyridines is 1. The highest BCUT2D eigenvalue weighted by atomic mass is 35.5. The van der Waals surface area contributed by atoms with Gasteiger partial charge in [0.25, 0.3) is 0 Å². The summed E-state index contributed by atoms with van der Waals surface area (Å²) in [6.07, 6.45) is 12.5. The van der Waals surface area contributed by atoms with Crippen LogP contribution < -0.4 is 5.32 Å². The van der Waals surface area contributed by atoms with E-state index in [9.17, 15) is 0 Å². The molecule has 0 amide bonds.